The van der Waals surface area contributed by atoms with Crippen molar-refractivity contribution >= 4 is 138 Å². The third-order valence-electron chi connectivity index (χ3n) is 14.8. The monoisotopic (exact) mass is 921 g/mol. The van der Waals surface area contributed by atoms with Gasteiger partial charge in [-0.3, -0.25) is 0 Å². The highest BCUT2D eigenvalue weighted by atomic mass is 16.3. The minimum atomic E-state index is 0.826. The lowest BCUT2D eigenvalue weighted by Crippen LogP contribution is -2.11. The third kappa shape index (κ3) is 5.43. The summed E-state index contributed by atoms with van der Waals surface area (Å²) < 4.78 is 23.4. The summed E-state index contributed by atoms with van der Waals surface area (Å²) in [6.45, 7) is 0. The van der Waals surface area contributed by atoms with Crippen molar-refractivity contribution in [2.24, 2.45) is 0 Å². The maximum Gasteiger partial charge on any atom is 0.160 e. The van der Waals surface area contributed by atoms with Crippen molar-refractivity contribution in [3.63, 3.8) is 0 Å². The molecule has 0 N–H and O–H groups in total. The Hall–Kier alpha value is -9.78. The fraction of sp³-hybridized carbons (Fsp3) is 0. The fourth-order valence-electron chi connectivity index (χ4n) is 11.8. The van der Waals surface area contributed by atoms with E-state index in [1.807, 2.05) is 12.1 Å². The first-order valence-electron chi connectivity index (χ1n) is 24.4. The van der Waals surface area contributed by atoms with Crippen LogP contribution in [0.3, 0.4) is 0 Å². The number of aromatic nitrogens is 1. The van der Waals surface area contributed by atoms with Crippen LogP contribution in [0, 0.1) is 0 Å². The number of anilines is 6. The summed E-state index contributed by atoms with van der Waals surface area (Å²) in [4.78, 5) is 4.79. The van der Waals surface area contributed by atoms with Gasteiger partial charge in [0.1, 0.15) is 16.7 Å². The molecule has 16 aromatic rings. The van der Waals surface area contributed by atoms with E-state index in [0.717, 1.165) is 149 Å². The van der Waals surface area contributed by atoms with Gasteiger partial charge in [0, 0.05) is 65.2 Å². The Bertz CT molecular complexity index is 4810. The maximum atomic E-state index is 7.16. The highest BCUT2D eigenvalue weighted by molar-refractivity contribution is 6.34. The van der Waals surface area contributed by atoms with Crippen LogP contribution in [0.15, 0.2) is 250 Å². The van der Waals surface area contributed by atoms with E-state index in [9.17, 15) is 0 Å². The van der Waals surface area contributed by atoms with Crippen LogP contribution in [0.5, 0.6) is 0 Å². The predicted molar refractivity (Wildman–Crippen MR) is 298 cm³/mol. The molecule has 0 aliphatic carbocycles. The molecule has 0 amide bonds. The van der Waals surface area contributed by atoms with Crippen molar-refractivity contribution in [3.05, 3.63) is 237 Å². The first-order chi connectivity index (χ1) is 35.7. The van der Waals surface area contributed by atoms with E-state index >= 15 is 0 Å². The van der Waals surface area contributed by atoms with E-state index in [0.29, 0.717) is 0 Å². The average Bonchev–Trinajstić information content (AvgIpc) is 4.27. The minimum absolute atomic E-state index is 0.826. The van der Waals surface area contributed by atoms with Gasteiger partial charge < -0.3 is 27.5 Å². The molecular formula is C66H39N3O3. The van der Waals surface area contributed by atoms with Gasteiger partial charge in [0.15, 0.2) is 16.7 Å². The first kappa shape index (κ1) is 39.1. The van der Waals surface area contributed by atoms with Gasteiger partial charge in [-0.25, -0.2) is 0 Å². The largest absolute Gasteiger partial charge is 0.454 e. The first-order valence-corrected chi connectivity index (χ1v) is 24.4. The molecule has 5 heterocycles. The van der Waals surface area contributed by atoms with E-state index in [1.165, 1.54) is 0 Å². The van der Waals surface area contributed by atoms with Crippen LogP contribution in [0.4, 0.5) is 34.1 Å². The molecule has 0 spiro atoms. The molecule has 72 heavy (non-hydrogen) atoms. The topological polar surface area (TPSA) is 50.3 Å². The van der Waals surface area contributed by atoms with Crippen LogP contribution >= 0.6 is 0 Å². The summed E-state index contributed by atoms with van der Waals surface area (Å²) in [6.07, 6.45) is 0. The van der Waals surface area contributed by atoms with Gasteiger partial charge >= 0.3 is 0 Å². The van der Waals surface area contributed by atoms with Crippen molar-refractivity contribution in [1.29, 1.82) is 0 Å². The Balaban J connectivity index is 1.09. The van der Waals surface area contributed by atoms with Crippen molar-refractivity contribution in [1.82, 2.24) is 4.40 Å². The summed E-state index contributed by atoms with van der Waals surface area (Å²) in [6, 6.07) is 84.1. The van der Waals surface area contributed by atoms with Crippen LogP contribution in [0.2, 0.25) is 0 Å². The molecule has 0 unspecified atom stereocenters. The number of rotatable bonds is 7. The molecule has 0 aliphatic rings. The molecule has 0 bridgehead atoms. The summed E-state index contributed by atoms with van der Waals surface area (Å²) in [7, 11) is 0. The Kier molecular flexibility index (Phi) is 8.07. The highest BCUT2D eigenvalue weighted by Gasteiger charge is 2.31. The van der Waals surface area contributed by atoms with Crippen molar-refractivity contribution in [3.8, 4) is 11.1 Å². The number of hydrogen-bond acceptors (Lipinski definition) is 5. The Morgan fingerprint density at radius 3 is 1.28 bits per heavy atom. The van der Waals surface area contributed by atoms with Crippen LogP contribution in [-0.4, -0.2) is 4.40 Å². The zero-order valence-corrected chi connectivity index (χ0v) is 38.6. The lowest BCUT2D eigenvalue weighted by Gasteiger charge is -2.27. The molecule has 0 aliphatic heterocycles. The standard InChI is InChI=1S/C66H39N3O3/c1-4-19-40(20-5-1)41-37-54(67(42-21-6-2-7-22-42)52-32-17-28-47-44-25-10-13-34-57(44)70-64(47)52)60-49-30-16-31-50-61-56(39-51-46-27-12-15-36-59(46)72-66(51)63(61)69(62(49)50)55(60)38-41)68(43-23-8-3-9-24-43)53-33-18-29-48-45-26-11-14-35-58(45)71-65(48)53/h1-39H. The predicted octanol–water partition coefficient (Wildman–Crippen LogP) is 19.1. The highest BCUT2D eigenvalue weighted by Crippen LogP contribution is 2.54. The Morgan fingerprint density at radius 1 is 0.278 bits per heavy atom. The lowest BCUT2D eigenvalue weighted by molar-refractivity contribution is 0.668. The van der Waals surface area contributed by atoms with E-state index in [-0.39, 0.29) is 0 Å². The van der Waals surface area contributed by atoms with E-state index in [1.54, 1.807) is 0 Å². The zero-order chi connectivity index (χ0) is 47.0. The molecule has 0 atom stereocenters. The molecular weight excluding hydrogens is 883 g/mol. The Labute approximate surface area is 411 Å². The third-order valence-corrected chi connectivity index (χ3v) is 14.8. The molecule has 0 radical (unpaired) electrons. The number of fused-ring (bicyclic) bond motifs is 16. The minimum Gasteiger partial charge on any atom is -0.454 e. The maximum absolute atomic E-state index is 7.16. The van der Waals surface area contributed by atoms with Crippen LogP contribution in [0.1, 0.15) is 0 Å². The summed E-state index contributed by atoms with van der Waals surface area (Å²) in [5, 5.41) is 10.8. The molecule has 11 aromatic carbocycles. The molecule has 0 saturated heterocycles. The van der Waals surface area contributed by atoms with Crippen molar-refractivity contribution in [2.45, 2.75) is 0 Å². The summed E-state index contributed by atoms with van der Waals surface area (Å²) >= 11 is 0. The van der Waals surface area contributed by atoms with E-state index in [2.05, 4.69) is 239 Å². The van der Waals surface area contributed by atoms with Gasteiger partial charge in [-0.1, -0.05) is 164 Å². The zero-order valence-electron chi connectivity index (χ0n) is 38.6. The molecule has 6 heteroatoms. The lowest BCUT2D eigenvalue weighted by atomic mass is 9.98. The average molecular weight is 922 g/mol. The van der Waals surface area contributed by atoms with Crippen LogP contribution < -0.4 is 9.80 Å². The second kappa shape index (κ2) is 14.9. The van der Waals surface area contributed by atoms with Gasteiger partial charge in [0.05, 0.1) is 39.3 Å². The summed E-state index contributed by atoms with van der Waals surface area (Å²) in [5.41, 5.74) is 16.4. The smallest absolute Gasteiger partial charge is 0.160 e. The molecule has 0 fully saturated rings. The van der Waals surface area contributed by atoms with Gasteiger partial charge in [-0.15, -0.1) is 0 Å². The van der Waals surface area contributed by atoms with Crippen molar-refractivity contribution < 1.29 is 13.3 Å². The number of para-hydroxylation sites is 8. The number of benzene rings is 11. The Morgan fingerprint density at radius 2 is 0.708 bits per heavy atom. The molecule has 16 rings (SSSR count). The normalized spacial score (nSPS) is 12.2. The second-order valence-electron chi connectivity index (χ2n) is 18.7. The fourth-order valence-corrected chi connectivity index (χ4v) is 11.8. The molecule has 0 saturated carbocycles. The molecule has 6 nitrogen and oxygen atoms in total. The second-order valence-corrected chi connectivity index (χ2v) is 18.7. The SMILES string of the molecule is c1ccc(-c2cc(N(c3ccccc3)c3cccc4c3oc3ccccc34)c3c4cccc5c6c(N(c7ccccc7)c7cccc8c7oc7ccccc78)cc7c8ccccc8oc7c6n(c3c2)c45)cc1. The van der Waals surface area contributed by atoms with Gasteiger partial charge in [0.25, 0.3) is 0 Å². The number of furan rings is 3. The summed E-state index contributed by atoms with van der Waals surface area (Å²) in [5.74, 6) is 0. The number of hydrogen-bond donors (Lipinski definition) is 0. The van der Waals surface area contributed by atoms with Crippen molar-refractivity contribution in [2.75, 3.05) is 9.80 Å². The van der Waals surface area contributed by atoms with Gasteiger partial charge in [-0.2, -0.15) is 0 Å². The van der Waals surface area contributed by atoms with Crippen LogP contribution in [0.25, 0.3) is 115 Å². The van der Waals surface area contributed by atoms with E-state index in [4.69, 9.17) is 13.3 Å². The van der Waals surface area contributed by atoms with Crippen LogP contribution in [-0.2, 0) is 0 Å². The molecule has 336 valence electrons. The quantitative estimate of drug-likeness (QED) is 0.159. The van der Waals surface area contributed by atoms with E-state index < -0.39 is 0 Å². The van der Waals surface area contributed by atoms with Gasteiger partial charge in [0.2, 0.25) is 0 Å². The molecule has 5 aromatic heterocycles. The van der Waals surface area contributed by atoms with Gasteiger partial charge in [-0.05, 0) is 83.9 Å². The number of nitrogens with zero attached hydrogens (tertiary/aromatic N) is 3.